The van der Waals surface area contributed by atoms with E-state index < -0.39 is 29.1 Å². The molecule has 33 heavy (non-hydrogen) atoms. The van der Waals surface area contributed by atoms with Crippen molar-refractivity contribution in [2.24, 2.45) is 0 Å². The van der Waals surface area contributed by atoms with Crippen LogP contribution < -0.4 is 0 Å². The van der Waals surface area contributed by atoms with Crippen molar-refractivity contribution >= 4 is 39.2 Å². The molecule has 0 saturated heterocycles. The van der Waals surface area contributed by atoms with E-state index in [1.54, 1.807) is 20.8 Å². The molecule has 0 radical (unpaired) electrons. The van der Waals surface area contributed by atoms with Crippen LogP contribution in [0.2, 0.25) is 0 Å². The minimum absolute atomic E-state index is 0.0847. The van der Waals surface area contributed by atoms with Crippen LogP contribution in [0.3, 0.4) is 0 Å². The number of halogens is 3. The average Bonchev–Trinajstić information content (AvgIpc) is 3.20. The monoisotopic (exact) mass is 448 g/mol. The zero-order valence-corrected chi connectivity index (χ0v) is 18.1. The number of benzene rings is 3. The van der Waals surface area contributed by atoms with Gasteiger partial charge in [0, 0.05) is 16.7 Å². The average molecular weight is 448 g/mol. The summed E-state index contributed by atoms with van der Waals surface area (Å²) in [5, 5.41) is 1.85. The van der Waals surface area contributed by atoms with E-state index >= 15 is 0 Å². The lowest BCUT2D eigenvalue weighted by Gasteiger charge is -2.20. The Morgan fingerprint density at radius 1 is 0.788 bits per heavy atom. The van der Waals surface area contributed by atoms with Crippen molar-refractivity contribution in [1.82, 2.24) is 0 Å². The fourth-order valence-corrected chi connectivity index (χ4v) is 4.52. The van der Waals surface area contributed by atoms with Gasteiger partial charge in [0.2, 0.25) is 5.78 Å². The number of alkyl halides is 3. The largest absolute Gasteiger partial charge is 0.456 e. The molecule has 6 heteroatoms. The quantitative estimate of drug-likeness (QED) is 0.334. The number of hydrogen-bond donors (Lipinski definition) is 0. The molecule has 0 aromatic heterocycles. The van der Waals surface area contributed by atoms with Crippen LogP contribution >= 0.6 is 0 Å². The number of ketones is 1. The number of esters is 1. The molecule has 3 aromatic rings. The molecule has 0 heterocycles. The molecule has 3 nitrogen and oxygen atoms in total. The SMILES string of the molecule is CC(C)(C)OC(=O)C1=C2C(=C(c3ccc(C(F)(F)F)cc3)C1=O)c1cccc3cccc2c13. The Morgan fingerprint density at radius 2 is 1.36 bits per heavy atom. The van der Waals surface area contributed by atoms with Gasteiger partial charge in [-0.05, 0) is 60.4 Å². The highest BCUT2D eigenvalue weighted by molar-refractivity contribution is 6.55. The van der Waals surface area contributed by atoms with Gasteiger partial charge >= 0.3 is 12.1 Å². The third-order valence-electron chi connectivity index (χ3n) is 5.75. The van der Waals surface area contributed by atoms with Crippen molar-refractivity contribution in [3.8, 4) is 0 Å². The van der Waals surface area contributed by atoms with Gasteiger partial charge in [-0.25, -0.2) is 4.79 Å². The van der Waals surface area contributed by atoms with E-state index in [1.807, 2.05) is 36.4 Å². The highest BCUT2D eigenvalue weighted by Gasteiger charge is 2.43. The summed E-state index contributed by atoms with van der Waals surface area (Å²) in [4.78, 5) is 26.8. The van der Waals surface area contributed by atoms with Crippen molar-refractivity contribution < 1.29 is 27.5 Å². The standard InChI is InChI=1S/C27H19F3O3/c1-26(2,3)33-25(32)23-22-18-9-5-7-14-6-4-8-17(19(14)18)21(22)20(24(23)31)15-10-12-16(13-11-15)27(28,29)30/h4-13H,1-3H3. The Hall–Kier alpha value is -3.67. The van der Waals surface area contributed by atoms with Gasteiger partial charge in [0.25, 0.3) is 0 Å². The maximum atomic E-state index is 13.6. The Balaban J connectivity index is 1.77. The molecule has 0 aliphatic heterocycles. The fraction of sp³-hybridized carbons (Fsp3) is 0.185. The smallest absolute Gasteiger partial charge is 0.416 e. The lowest BCUT2D eigenvalue weighted by atomic mass is 9.94. The predicted octanol–water partition coefficient (Wildman–Crippen LogP) is 6.46. The van der Waals surface area contributed by atoms with Crippen LogP contribution in [0.4, 0.5) is 13.2 Å². The highest BCUT2D eigenvalue weighted by Crippen LogP contribution is 2.54. The minimum atomic E-state index is -4.49. The number of carbonyl (C=O) groups is 2. The number of Topliss-reactive ketones (excluding diaryl/α,β-unsaturated/α-hetero) is 1. The first-order valence-electron chi connectivity index (χ1n) is 10.4. The van der Waals surface area contributed by atoms with Crippen molar-refractivity contribution in [3.05, 3.63) is 88.5 Å². The maximum Gasteiger partial charge on any atom is 0.416 e. The van der Waals surface area contributed by atoms with Crippen LogP contribution in [-0.4, -0.2) is 17.4 Å². The van der Waals surface area contributed by atoms with E-state index in [4.69, 9.17) is 4.74 Å². The van der Waals surface area contributed by atoms with Gasteiger partial charge in [-0.3, -0.25) is 4.79 Å². The first-order valence-corrected chi connectivity index (χ1v) is 10.4. The number of fused-ring (bicyclic) bond motifs is 3. The van der Waals surface area contributed by atoms with Crippen LogP contribution in [0.25, 0.3) is 27.5 Å². The Kier molecular flexibility index (Phi) is 4.44. The first kappa shape index (κ1) is 21.2. The molecule has 2 aliphatic carbocycles. The summed E-state index contributed by atoms with van der Waals surface area (Å²) in [6.07, 6.45) is -4.49. The van der Waals surface area contributed by atoms with Crippen molar-refractivity contribution in [3.63, 3.8) is 0 Å². The summed E-state index contributed by atoms with van der Waals surface area (Å²) in [5.41, 5.74) is 1.39. The second-order valence-corrected chi connectivity index (χ2v) is 9.12. The zero-order valence-electron chi connectivity index (χ0n) is 18.1. The third-order valence-corrected chi connectivity index (χ3v) is 5.75. The van der Waals surface area contributed by atoms with Gasteiger partial charge < -0.3 is 4.74 Å². The molecule has 0 atom stereocenters. The van der Waals surface area contributed by atoms with E-state index in [9.17, 15) is 22.8 Å². The van der Waals surface area contributed by atoms with Crippen LogP contribution in [0.5, 0.6) is 0 Å². The van der Waals surface area contributed by atoms with Crippen molar-refractivity contribution in [1.29, 1.82) is 0 Å². The molecule has 0 saturated carbocycles. The predicted molar refractivity (Wildman–Crippen MR) is 120 cm³/mol. The van der Waals surface area contributed by atoms with Gasteiger partial charge in [0.15, 0.2) is 0 Å². The molecule has 166 valence electrons. The number of ether oxygens (including phenoxy) is 1. The Labute approximate surface area is 188 Å². The molecule has 0 fully saturated rings. The molecule has 0 unspecified atom stereocenters. The normalized spacial score (nSPS) is 15.5. The van der Waals surface area contributed by atoms with Crippen LogP contribution in [0.1, 0.15) is 43.0 Å². The number of allylic oxidation sites excluding steroid dienone is 3. The van der Waals surface area contributed by atoms with E-state index in [2.05, 4.69) is 0 Å². The number of carbonyl (C=O) groups excluding carboxylic acids is 2. The maximum absolute atomic E-state index is 13.6. The third kappa shape index (κ3) is 3.28. The molecular weight excluding hydrogens is 429 g/mol. The molecular formula is C27H19F3O3. The molecule has 3 aromatic carbocycles. The minimum Gasteiger partial charge on any atom is -0.456 e. The van der Waals surface area contributed by atoms with E-state index in [0.29, 0.717) is 16.7 Å². The van der Waals surface area contributed by atoms with E-state index in [-0.39, 0.29) is 11.1 Å². The Bertz CT molecular complexity index is 1410. The molecule has 0 N–H and O–H groups in total. The fourth-order valence-electron chi connectivity index (χ4n) is 4.52. The molecule has 2 aliphatic rings. The molecule has 0 amide bonds. The first-order chi connectivity index (χ1) is 15.5. The van der Waals surface area contributed by atoms with Gasteiger partial charge in [-0.1, -0.05) is 48.5 Å². The van der Waals surface area contributed by atoms with Crippen LogP contribution in [-0.2, 0) is 20.5 Å². The Morgan fingerprint density at radius 3 is 1.91 bits per heavy atom. The van der Waals surface area contributed by atoms with Gasteiger partial charge in [0.1, 0.15) is 11.2 Å². The lowest BCUT2D eigenvalue weighted by Crippen LogP contribution is -2.27. The summed E-state index contributed by atoms with van der Waals surface area (Å²) in [7, 11) is 0. The summed E-state index contributed by atoms with van der Waals surface area (Å²) in [5.74, 6) is -1.28. The number of rotatable bonds is 2. The summed E-state index contributed by atoms with van der Waals surface area (Å²) < 4.78 is 44.8. The lowest BCUT2D eigenvalue weighted by molar-refractivity contribution is -0.150. The summed E-state index contributed by atoms with van der Waals surface area (Å²) in [6.45, 7) is 5.14. The highest BCUT2D eigenvalue weighted by atomic mass is 19.4. The van der Waals surface area contributed by atoms with E-state index in [1.165, 1.54) is 12.1 Å². The van der Waals surface area contributed by atoms with Gasteiger partial charge in [0.05, 0.1) is 5.56 Å². The second-order valence-electron chi connectivity index (χ2n) is 9.12. The van der Waals surface area contributed by atoms with Gasteiger partial charge in [-0.2, -0.15) is 13.2 Å². The van der Waals surface area contributed by atoms with Crippen molar-refractivity contribution in [2.75, 3.05) is 0 Å². The van der Waals surface area contributed by atoms with E-state index in [0.717, 1.165) is 34.0 Å². The van der Waals surface area contributed by atoms with Crippen molar-refractivity contribution in [2.45, 2.75) is 32.5 Å². The van der Waals surface area contributed by atoms with Crippen LogP contribution in [0.15, 0.2) is 66.2 Å². The topological polar surface area (TPSA) is 43.4 Å². The molecule has 0 spiro atoms. The zero-order chi connectivity index (χ0) is 23.7. The summed E-state index contributed by atoms with van der Waals surface area (Å²) >= 11 is 0. The van der Waals surface area contributed by atoms with Gasteiger partial charge in [-0.15, -0.1) is 0 Å². The second kappa shape index (κ2) is 6.91. The molecule has 0 bridgehead atoms. The molecule has 5 rings (SSSR count). The number of hydrogen-bond acceptors (Lipinski definition) is 3. The van der Waals surface area contributed by atoms with Crippen LogP contribution in [0, 0.1) is 0 Å². The summed E-state index contributed by atoms with van der Waals surface area (Å²) in [6, 6.07) is 15.8.